The summed E-state index contributed by atoms with van der Waals surface area (Å²) in [6.07, 6.45) is 9.41. The number of cyclic esters (lactones) is 1. The summed E-state index contributed by atoms with van der Waals surface area (Å²) in [5, 5.41) is 43.1. The molecule has 13 heteroatoms. The molecule has 1 aromatic carbocycles. The lowest BCUT2D eigenvalue weighted by Crippen LogP contribution is -2.81. The Morgan fingerprint density at radius 2 is 1.82 bits per heavy atom. The van der Waals surface area contributed by atoms with Crippen molar-refractivity contribution in [2.75, 3.05) is 26.4 Å². The largest absolute Gasteiger partial charge is 0.469 e. The number of aliphatic hydroxyl groups is 3. The van der Waals surface area contributed by atoms with Crippen LogP contribution in [0.3, 0.4) is 0 Å². The molecule has 382 valence electrons. The highest BCUT2D eigenvalue weighted by Crippen LogP contribution is 2.84. The average Bonchev–Trinajstić information content (AvgIpc) is 3.62. The van der Waals surface area contributed by atoms with E-state index in [0.29, 0.717) is 54.9 Å². The van der Waals surface area contributed by atoms with Gasteiger partial charge in [0.25, 0.3) is 0 Å². The van der Waals surface area contributed by atoms with E-state index in [9.17, 15) is 20.1 Å². The maximum absolute atomic E-state index is 16.3. The topological polar surface area (TPSA) is 189 Å². The third-order valence-corrected chi connectivity index (χ3v) is 21.0. The van der Waals surface area contributed by atoms with Gasteiger partial charge in [-0.05, 0) is 118 Å². The van der Waals surface area contributed by atoms with E-state index in [4.69, 9.17) is 23.4 Å². The maximum atomic E-state index is 16.3. The van der Waals surface area contributed by atoms with E-state index in [1.165, 1.54) is 5.56 Å². The number of benzene rings is 1. The molecule has 8 fully saturated rings. The van der Waals surface area contributed by atoms with Gasteiger partial charge in [0.2, 0.25) is 0 Å². The molecule has 3 spiro atoms. The molecule has 12 rings (SSSR count). The van der Waals surface area contributed by atoms with Crippen molar-refractivity contribution in [3.05, 3.63) is 71.7 Å². The van der Waals surface area contributed by atoms with Gasteiger partial charge < -0.3 is 44.0 Å². The molecule has 19 atom stereocenters. The zero-order chi connectivity index (χ0) is 49.3. The minimum atomic E-state index is -1.55. The van der Waals surface area contributed by atoms with Crippen LogP contribution >= 0.6 is 0 Å². The second-order valence-electron chi connectivity index (χ2n) is 24.6. The van der Waals surface area contributed by atoms with E-state index < -0.39 is 87.8 Å². The Morgan fingerprint density at radius 3 is 2.56 bits per heavy atom. The summed E-state index contributed by atoms with van der Waals surface area (Å²) in [5.74, 6) is 5.31. The highest BCUT2D eigenvalue weighted by molar-refractivity contribution is 5.92. The van der Waals surface area contributed by atoms with Gasteiger partial charge in [0, 0.05) is 59.3 Å². The lowest BCUT2D eigenvalue weighted by Gasteiger charge is -2.71. The number of aliphatic hydroxyl groups excluding tert-OH is 3. The van der Waals surface area contributed by atoms with Crippen LogP contribution in [0.5, 0.6) is 0 Å². The second-order valence-corrected chi connectivity index (χ2v) is 24.6. The summed E-state index contributed by atoms with van der Waals surface area (Å²) < 4.78 is 34.3. The van der Waals surface area contributed by atoms with Gasteiger partial charge >= 0.3 is 11.9 Å². The first kappa shape index (κ1) is 48.1. The average molecular weight is 975 g/mol. The van der Waals surface area contributed by atoms with Crippen LogP contribution in [0.15, 0.2) is 59.2 Å². The highest BCUT2D eigenvalue weighted by atomic mass is 16.7. The fourth-order valence-corrected chi connectivity index (χ4v) is 18.0. The fraction of sp³-hybridized carbons (Fsp3) is 0.707. The SMILES string of the molecule is CC(C)CCC1(C)OC2CC(=O)OCC23C1C(=O)C(O)C12C4CC(Cc5ccccc5)CCC4C#CCC4(c5ccoc5CC(C(O)CO)C5C=CC(C6CNCN6)CC5)OC(=O)C5OC51C4(C)CCC32. The minimum Gasteiger partial charge on any atom is -0.469 e. The summed E-state index contributed by atoms with van der Waals surface area (Å²) in [6, 6.07) is 12.7. The summed E-state index contributed by atoms with van der Waals surface area (Å²) >= 11 is 0. The lowest BCUT2D eigenvalue weighted by atomic mass is 9.31. The molecule has 71 heavy (non-hydrogen) atoms. The van der Waals surface area contributed by atoms with Crippen molar-refractivity contribution < 1.29 is 53.1 Å². The van der Waals surface area contributed by atoms with Crippen LogP contribution in [0.1, 0.15) is 115 Å². The molecule has 1 aromatic heterocycles. The van der Waals surface area contributed by atoms with Gasteiger partial charge in [0.05, 0.1) is 49.4 Å². The number of hydrogen-bond donors (Lipinski definition) is 5. The standard InChI is InChI=1S/C58H74N2O11/c1-33(2)18-22-53(3)49-48(64)50(65)57-41-26-35(25-34-9-6-5-7-10-34)12-13-37(41)11-8-21-56(40-20-24-67-44(40)27-39(43(62)30-61)36-14-16-38(17-15-36)42-29-59-32-60-42)54(4,58(57)51(70-58)52(66)71-56)23-19-45(57)55(49)31-68-47(63)28-46(55)69-53/h5-7,9-10,14,16,20,24,33,35-39,41-43,45-46,49-51,59-62,65H,12-13,15,17-19,21-23,25-32H2,1-4H3. The Balaban J connectivity index is 1.02. The molecule has 6 heterocycles. The summed E-state index contributed by atoms with van der Waals surface area (Å²) in [6.45, 7) is 9.71. The van der Waals surface area contributed by atoms with Crippen LogP contribution in [0.4, 0.5) is 0 Å². The summed E-state index contributed by atoms with van der Waals surface area (Å²) in [5.41, 5.74) is -5.42. The van der Waals surface area contributed by atoms with E-state index in [0.717, 1.165) is 51.7 Å². The van der Waals surface area contributed by atoms with Crippen molar-refractivity contribution in [3.8, 4) is 11.8 Å². The maximum Gasteiger partial charge on any atom is 0.339 e. The normalized spacial score (nSPS) is 45.8. The molecule has 5 aliphatic carbocycles. The van der Waals surface area contributed by atoms with Crippen LogP contribution in [-0.2, 0) is 51.8 Å². The Kier molecular flexibility index (Phi) is 11.8. The number of nitrogens with one attached hydrogen (secondary N) is 2. The predicted octanol–water partition coefficient (Wildman–Crippen LogP) is 5.95. The molecule has 5 saturated heterocycles. The molecule has 0 amide bonds. The van der Waals surface area contributed by atoms with Crippen molar-refractivity contribution in [1.29, 1.82) is 0 Å². The second kappa shape index (κ2) is 17.4. The monoisotopic (exact) mass is 975 g/mol. The highest BCUT2D eigenvalue weighted by Gasteiger charge is 2.95. The molecule has 3 saturated carbocycles. The molecule has 4 bridgehead atoms. The Morgan fingerprint density at radius 1 is 0.986 bits per heavy atom. The van der Waals surface area contributed by atoms with Crippen molar-refractivity contribution in [3.63, 3.8) is 0 Å². The summed E-state index contributed by atoms with van der Waals surface area (Å²) in [4.78, 5) is 45.1. The number of carbonyl (C=O) groups excluding carboxylic acids is 3. The molecule has 10 aliphatic rings. The van der Waals surface area contributed by atoms with Crippen LogP contribution in [0.2, 0.25) is 0 Å². The number of furan rings is 1. The molecular formula is C58H74N2O11. The van der Waals surface area contributed by atoms with Crippen LogP contribution in [0, 0.1) is 81.3 Å². The smallest absolute Gasteiger partial charge is 0.339 e. The number of ketones is 1. The number of Topliss-reactive ketones (excluding diaryl/α,β-unsaturated/α-hetero) is 1. The van der Waals surface area contributed by atoms with E-state index in [-0.39, 0.29) is 61.3 Å². The van der Waals surface area contributed by atoms with E-state index in [2.05, 4.69) is 79.7 Å². The zero-order valence-corrected chi connectivity index (χ0v) is 41.9. The molecular weight excluding hydrogens is 901 g/mol. The molecule has 2 aromatic rings. The van der Waals surface area contributed by atoms with Crippen molar-refractivity contribution >= 4 is 17.7 Å². The number of fused-ring (bicyclic) bond motifs is 1. The van der Waals surface area contributed by atoms with Crippen molar-refractivity contribution in [1.82, 2.24) is 10.6 Å². The van der Waals surface area contributed by atoms with Crippen LogP contribution in [-0.4, -0.2) is 101 Å². The number of rotatable bonds is 12. The molecule has 5 N–H and O–H groups in total. The lowest BCUT2D eigenvalue weighted by molar-refractivity contribution is -0.295. The van der Waals surface area contributed by atoms with Gasteiger partial charge in [0.1, 0.15) is 24.1 Å². The van der Waals surface area contributed by atoms with E-state index in [1.54, 1.807) is 6.26 Å². The molecule has 19 unspecified atom stereocenters. The van der Waals surface area contributed by atoms with Crippen LogP contribution in [0.25, 0.3) is 0 Å². The fourth-order valence-electron chi connectivity index (χ4n) is 18.0. The first-order valence-electron chi connectivity index (χ1n) is 27.1. The third-order valence-electron chi connectivity index (χ3n) is 21.0. The Bertz CT molecular complexity index is 2510. The number of esters is 2. The predicted molar refractivity (Wildman–Crippen MR) is 260 cm³/mol. The first-order valence-corrected chi connectivity index (χ1v) is 27.1. The van der Waals surface area contributed by atoms with Gasteiger partial charge in [-0.15, -0.1) is 0 Å². The van der Waals surface area contributed by atoms with E-state index >= 15 is 9.59 Å². The quantitative estimate of drug-likeness (QED) is 0.0727. The first-order chi connectivity index (χ1) is 34.2. The molecule has 13 nitrogen and oxygen atoms in total. The number of allylic oxidation sites excluding steroid dienone is 1. The number of hydrogen-bond acceptors (Lipinski definition) is 13. The van der Waals surface area contributed by atoms with E-state index in [1.807, 2.05) is 19.1 Å². The van der Waals surface area contributed by atoms with Crippen molar-refractivity contribution in [2.45, 2.75) is 158 Å². The van der Waals surface area contributed by atoms with Gasteiger partial charge in [-0.1, -0.05) is 75.1 Å². The van der Waals surface area contributed by atoms with Crippen LogP contribution < -0.4 is 10.6 Å². The van der Waals surface area contributed by atoms with Gasteiger partial charge in [-0.2, -0.15) is 0 Å². The third kappa shape index (κ3) is 6.72. The van der Waals surface area contributed by atoms with Gasteiger partial charge in [-0.3, -0.25) is 14.9 Å². The Hall–Kier alpha value is -3.87. The molecule has 5 aliphatic heterocycles. The number of epoxide rings is 1. The van der Waals surface area contributed by atoms with Gasteiger partial charge in [0.15, 0.2) is 17.5 Å². The Labute approximate surface area is 417 Å². The number of ether oxygens (including phenoxy) is 4. The molecule has 0 radical (unpaired) electrons. The summed E-state index contributed by atoms with van der Waals surface area (Å²) in [7, 11) is 0. The number of carbonyl (C=O) groups is 3. The minimum absolute atomic E-state index is 0.000453. The van der Waals surface area contributed by atoms with Crippen molar-refractivity contribution in [2.24, 2.45) is 69.5 Å². The van der Waals surface area contributed by atoms with Gasteiger partial charge in [-0.25, -0.2) is 4.79 Å². The zero-order valence-electron chi connectivity index (χ0n) is 41.9.